The third-order valence-electron chi connectivity index (χ3n) is 3.60. The van der Waals surface area contributed by atoms with Gasteiger partial charge in [-0.1, -0.05) is 26.7 Å². The summed E-state index contributed by atoms with van der Waals surface area (Å²) in [7, 11) is 0. The van der Waals surface area contributed by atoms with Crippen molar-refractivity contribution in [2.24, 2.45) is 11.8 Å². The van der Waals surface area contributed by atoms with Gasteiger partial charge in [0.1, 0.15) is 0 Å². The van der Waals surface area contributed by atoms with Gasteiger partial charge in [0.05, 0.1) is 0 Å². The molecule has 1 aliphatic rings. The van der Waals surface area contributed by atoms with E-state index < -0.39 is 0 Å². The van der Waals surface area contributed by atoms with E-state index in [0.717, 1.165) is 6.42 Å². The lowest BCUT2D eigenvalue weighted by Gasteiger charge is -2.34. The van der Waals surface area contributed by atoms with Gasteiger partial charge >= 0.3 is 0 Å². The van der Waals surface area contributed by atoms with Crippen LogP contribution in [0.15, 0.2) is 0 Å². The van der Waals surface area contributed by atoms with E-state index in [1.165, 1.54) is 12.8 Å². The molecule has 2 rings (SSSR count). The van der Waals surface area contributed by atoms with Gasteiger partial charge in [-0.2, -0.15) is 15.0 Å². The highest BCUT2D eigenvalue weighted by Gasteiger charge is 2.27. The summed E-state index contributed by atoms with van der Waals surface area (Å²) in [6, 6.07) is 0.383. The molecule has 1 N–H and O–H groups in total. The third-order valence-corrected chi connectivity index (χ3v) is 3.94. The van der Waals surface area contributed by atoms with Crippen molar-refractivity contribution in [3.8, 4) is 0 Å². The zero-order chi connectivity index (χ0) is 12.4. The van der Waals surface area contributed by atoms with Gasteiger partial charge in [0.2, 0.25) is 16.5 Å². The summed E-state index contributed by atoms with van der Waals surface area (Å²) in [4.78, 5) is 11.8. The highest BCUT2D eigenvalue weighted by atomic mass is 35.5. The molecule has 1 heterocycles. The molecule has 0 bridgehead atoms. The van der Waals surface area contributed by atoms with Gasteiger partial charge in [-0.3, -0.25) is 0 Å². The van der Waals surface area contributed by atoms with Crippen LogP contribution in [0.4, 0.5) is 5.95 Å². The number of nitrogens with zero attached hydrogens (tertiary/aromatic N) is 3. The van der Waals surface area contributed by atoms with E-state index in [-0.39, 0.29) is 10.6 Å². The summed E-state index contributed by atoms with van der Waals surface area (Å²) in [6.45, 7) is 4.54. The second kappa shape index (κ2) is 5.36. The van der Waals surface area contributed by atoms with Crippen LogP contribution >= 0.6 is 23.2 Å². The molecule has 3 atom stereocenters. The summed E-state index contributed by atoms with van der Waals surface area (Å²) >= 11 is 11.5. The number of nitrogens with one attached hydrogen (secondary N) is 1. The van der Waals surface area contributed by atoms with Crippen molar-refractivity contribution in [3.05, 3.63) is 10.6 Å². The Labute approximate surface area is 111 Å². The normalized spacial score (nSPS) is 29.1. The first-order valence-electron chi connectivity index (χ1n) is 5.90. The van der Waals surface area contributed by atoms with Gasteiger partial charge in [-0.25, -0.2) is 0 Å². The lowest BCUT2D eigenvalue weighted by molar-refractivity contribution is 0.252. The van der Waals surface area contributed by atoms with Gasteiger partial charge in [0.25, 0.3) is 0 Å². The Morgan fingerprint density at radius 3 is 2.35 bits per heavy atom. The number of anilines is 1. The SMILES string of the molecule is CC1CCCC(Nc2nc(Cl)nc(Cl)n2)C1C. The Morgan fingerprint density at radius 2 is 1.71 bits per heavy atom. The fourth-order valence-electron chi connectivity index (χ4n) is 2.34. The minimum absolute atomic E-state index is 0.129. The zero-order valence-corrected chi connectivity index (χ0v) is 11.5. The zero-order valence-electron chi connectivity index (χ0n) is 9.95. The molecule has 17 heavy (non-hydrogen) atoms. The topological polar surface area (TPSA) is 50.7 Å². The van der Waals surface area contributed by atoms with Gasteiger partial charge < -0.3 is 5.32 Å². The maximum atomic E-state index is 5.75. The molecule has 6 heteroatoms. The van der Waals surface area contributed by atoms with Crippen LogP contribution in [0, 0.1) is 11.8 Å². The molecular formula is C11H16Cl2N4. The maximum Gasteiger partial charge on any atom is 0.228 e. The Bertz CT molecular complexity index is 379. The molecule has 3 unspecified atom stereocenters. The standard InChI is InChI=1S/C11H16Cl2N4/c1-6-4-3-5-8(7(6)2)14-11-16-9(12)15-10(13)17-11/h6-8H,3-5H2,1-2H3,(H,14,15,16,17). The maximum absolute atomic E-state index is 5.75. The van der Waals surface area contributed by atoms with Crippen LogP contribution in [0.1, 0.15) is 33.1 Å². The predicted molar refractivity (Wildman–Crippen MR) is 69.4 cm³/mol. The first-order valence-corrected chi connectivity index (χ1v) is 6.65. The van der Waals surface area contributed by atoms with Gasteiger partial charge in [0.15, 0.2) is 0 Å². The molecule has 1 saturated carbocycles. The largest absolute Gasteiger partial charge is 0.351 e. The second-order valence-electron chi connectivity index (χ2n) is 4.72. The van der Waals surface area contributed by atoms with Crippen molar-refractivity contribution < 1.29 is 0 Å². The Hall–Kier alpha value is -0.610. The van der Waals surface area contributed by atoms with Crippen molar-refractivity contribution in [1.82, 2.24) is 15.0 Å². The number of aromatic nitrogens is 3. The summed E-state index contributed by atoms with van der Waals surface area (Å²) in [6.07, 6.45) is 3.65. The van der Waals surface area contributed by atoms with E-state index >= 15 is 0 Å². The van der Waals surface area contributed by atoms with E-state index in [1.54, 1.807) is 0 Å². The Morgan fingerprint density at radius 1 is 1.06 bits per heavy atom. The molecule has 0 saturated heterocycles. The number of halogens is 2. The van der Waals surface area contributed by atoms with E-state index in [2.05, 4.69) is 34.1 Å². The molecule has 0 amide bonds. The molecule has 0 aromatic carbocycles. The molecule has 1 aromatic heterocycles. The lowest BCUT2D eigenvalue weighted by Crippen LogP contribution is -2.35. The first kappa shape index (κ1) is 12.8. The van der Waals surface area contributed by atoms with Crippen LogP contribution in [-0.4, -0.2) is 21.0 Å². The molecule has 94 valence electrons. The predicted octanol–water partition coefficient (Wildman–Crippen LogP) is 3.42. The average molecular weight is 275 g/mol. The average Bonchev–Trinajstić information content (AvgIpc) is 2.23. The molecule has 0 aliphatic heterocycles. The molecule has 0 radical (unpaired) electrons. The van der Waals surface area contributed by atoms with Crippen LogP contribution < -0.4 is 5.32 Å². The summed E-state index contributed by atoms with van der Waals surface area (Å²) in [5, 5.41) is 3.57. The number of hydrogen-bond donors (Lipinski definition) is 1. The minimum Gasteiger partial charge on any atom is -0.351 e. The molecular weight excluding hydrogens is 259 g/mol. The fourth-order valence-corrected chi connectivity index (χ4v) is 2.71. The third kappa shape index (κ3) is 3.19. The van der Waals surface area contributed by atoms with Crippen molar-refractivity contribution in [3.63, 3.8) is 0 Å². The van der Waals surface area contributed by atoms with Gasteiger partial charge in [-0.05, 0) is 41.5 Å². The number of hydrogen-bond acceptors (Lipinski definition) is 4. The van der Waals surface area contributed by atoms with E-state index in [1.807, 2.05) is 0 Å². The second-order valence-corrected chi connectivity index (χ2v) is 5.39. The summed E-state index contributed by atoms with van der Waals surface area (Å²) in [5.41, 5.74) is 0. The van der Waals surface area contributed by atoms with Gasteiger partial charge in [-0.15, -0.1) is 0 Å². The Kier molecular flexibility index (Phi) is 4.05. The molecule has 1 fully saturated rings. The minimum atomic E-state index is 0.129. The van der Waals surface area contributed by atoms with E-state index in [0.29, 0.717) is 23.8 Å². The van der Waals surface area contributed by atoms with Crippen molar-refractivity contribution in [2.45, 2.75) is 39.2 Å². The monoisotopic (exact) mass is 274 g/mol. The fraction of sp³-hybridized carbons (Fsp3) is 0.727. The summed E-state index contributed by atoms with van der Waals surface area (Å²) in [5.74, 6) is 1.79. The van der Waals surface area contributed by atoms with Crippen LogP contribution in [0.5, 0.6) is 0 Å². The van der Waals surface area contributed by atoms with Crippen LogP contribution in [0.2, 0.25) is 10.6 Å². The van der Waals surface area contributed by atoms with Crippen LogP contribution in [0.25, 0.3) is 0 Å². The van der Waals surface area contributed by atoms with Crippen molar-refractivity contribution >= 4 is 29.2 Å². The van der Waals surface area contributed by atoms with E-state index in [9.17, 15) is 0 Å². The van der Waals surface area contributed by atoms with Crippen molar-refractivity contribution in [1.29, 1.82) is 0 Å². The van der Waals surface area contributed by atoms with E-state index in [4.69, 9.17) is 23.2 Å². The Balaban J connectivity index is 2.09. The smallest absolute Gasteiger partial charge is 0.228 e. The molecule has 4 nitrogen and oxygen atoms in total. The number of rotatable bonds is 2. The highest BCUT2D eigenvalue weighted by Crippen LogP contribution is 2.31. The molecule has 1 aromatic rings. The van der Waals surface area contributed by atoms with Crippen molar-refractivity contribution in [2.75, 3.05) is 5.32 Å². The lowest BCUT2D eigenvalue weighted by atomic mass is 9.78. The summed E-state index contributed by atoms with van der Waals surface area (Å²) < 4.78 is 0. The van der Waals surface area contributed by atoms with Gasteiger partial charge in [0, 0.05) is 6.04 Å². The van der Waals surface area contributed by atoms with Crippen LogP contribution in [0.3, 0.4) is 0 Å². The highest BCUT2D eigenvalue weighted by molar-refractivity contribution is 6.31. The van der Waals surface area contributed by atoms with Crippen LogP contribution in [-0.2, 0) is 0 Å². The molecule has 1 aliphatic carbocycles. The quantitative estimate of drug-likeness (QED) is 0.898. The molecule has 0 spiro atoms. The first-order chi connectivity index (χ1) is 8.06.